The van der Waals surface area contributed by atoms with E-state index in [1.54, 1.807) is 30.3 Å². The van der Waals surface area contributed by atoms with E-state index in [1.807, 2.05) is 130 Å². The first-order valence-corrected chi connectivity index (χ1v) is 22.2. The Bertz CT molecular complexity index is 2410. The number of urea groups is 1. The molecule has 0 radical (unpaired) electrons. The van der Waals surface area contributed by atoms with Crippen LogP contribution < -0.4 is 32.0 Å². The van der Waals surface area contributed by atoms with Crippen molar-refractivity contribution in [2.45, 2.75) is 77.0 Å². The first-order chi connectivity index (χ1) is 31.9. The normalized spacial score (nSPS) is 13.3. The molecule has 6 N–H and O–H groups in total. The number of ketones is 1. The summed E-state index contributed by atoms with van der Waals surface area (Å²) in [6.45, 7) is 6.49. The van der Waals surface area contributed by atoms with E-state index in [1.165, 1.54) is 6.92 Å². The van der Waals surface area contributed by atoms with E-state index in [2.05, 4.69) is 37.1 Å². The second kappa shape index (κ2) is 23.4. The second-order valence-electron chi connectivity index (χ2n) is 16.5. The van der Waals surface area contributed by atoms with Crippen LogP contribution in [0.15, 0.2) is 145 Å². The van der Waals surface area contributed by atoms with Gasteiger partial charge in [0.2, 0.25) is 11.8 Å². The van der Waals surface area contributed by atoms with E-state index in [0.717, 1.165) is 33.4 Å². The van der Waals surface area contributed by atoms with Crippen molar-refractivity contribution < 1.29 is 33.5 Å². The lowest BCUT2D eigenvalue weighted by Crippen LogP contribution is -2.55. The minimum absolute atomic E-state index is 0.0422. The largest absolute Gasteiger partial charge is 0.449 e. The molecule has 3 atom stereocenters. The number of hydrogen-bond acceptors (Lipinski definition) is 8. The van der Waals surface area contributed by atoms with Crippen molar-refractivity contribution in [2.75, 3.05) is 13.2 Å². The number of ether oxygens (including phenoxy) is 1. The van der Waals surface area contributed by atoms with Crippen LogP contribution >= 0.6 is 0 Å². The van der Waals surface area contributed by atoms with Gasteiger partial charge in [0.25, 0.3) is 5.91 Å². The third-order valence-corrected chi connectivity index (χ3v) is 11.2. The monoisotopic (exact) mass is 891 g/mol. The highest BCUT2D eigenvalue weighted by Crippen LogP contribution is 2.44. The van der Waals surface area contributed by atoms with Crippen LogP contribution in [0.3, 0.4) is 0 Å². The van der Waals surface area contributed by atoms with Crippen molar-refractivity contribution in [1.82, 2.24) is 32.0 Å². The topological polar surface area (TPSA) is 196 Å². The van der Waals surface area contributed by atoms with Crippen molar-refractivity contribution in [3.05, 3.63) is 167 Å². The van der Waals surface area contributed by atoms with Crippen molar-refractivity contribution in [1.29, 1.82) is 0 Å². The summed E-state index contributed by atoms with van der Waals surface area (Å²) in [4.78, 5) is 81.3. The summed E-state index contributed by atoms with van der Waals surface area (Å²) in [6, 6.07) is 38.8. The van der Waals surface area contributed by atoms with Crippen LogP contribution in [0.2, 0.25) is 0 Å². The van der Waals surface area contributed by atoms with Crippen LogP contribution in [-0.4, -0.2) is 66.6 Å². The molecule has 0 fully saturated rings. The van der Waals surface area contributed by atoms with E-state index < -0.39 is 60.6 Å². The van der Waals surface area contributed by atoms with Gasteiger partial charge in [-0.25, -0.2) is 15.0 Å². The number of Topliss-reactive ketones (excluding diaryl/α,β-unsaturated/α-hetero) is 1. The number of rotatable bonds is 20. The zero-order valence-electron chi connectivity index (χ0n) is 37.6. The van der Waals surface area contributed by atoms with Gasteiger partial charge in [0.05, 0.1) is 18.6 Å². The zero-order chi connectivity index (χ0) is 47.0. The van der Waals surface area contributed by atoms with E-state index >= 15 is 0 Å². The molecule has 0 saturated heterocycles. The maximum absolute atomic E-state index is 14.2. The highest BCUT2D eigenvalue weighted by atomic mass is 16.5. The average molecular weight is 892 g/mol. The first-order valence-electron chi connectivity index (χ1n) is 22.2. The Morgan fingerprint density at radius 3 is 1.70 bits per heavy atom. The molecule has 5 aromatic carbocycles. The first kappa shape index (κ1) is 47.9. The molecular weight excluding hydrogens is 835 g/mol. The lowest BCUT2D eigenvalue weighted by molar-refractivity contribution is -0.127. The number of hydrazone groups is 1. The Morgan fingerprint density at radius 2 is 1.17 bits per heavy atom. The van der Waals surface area contributed by atoms with Crippen LogP contribution in [0.5, 0.6) is 0 Å². The summed E-state index contributed by atoms with van der Waals surface area (Å²) in [6.07, 6.45) is 0.0867. The van der Waals surface area contributed by atoms with Gasteiger partial charge in [-0.15, -0.1) is 0 Å². The van der Waals surface area contributed by atoms with Gasteiger partial charge in [-0.1, -0.05) is 167 Å². The number of fused-ring (bicyclic) bond motifs is 3. The molecule has 6 amide bonds. The van der Waals surface area contributed by atoms with Crippen LogP contribution in [0.25, 0.3) is 11.1 Å². The van der Waals surface area contributed by atoms with Crippen molar-refractivity contribution in [2.24, 2.45) is 11.0 Å². The van der Waals surface area contributed by atoms with E-state index in [4.69, 9.17) is 4.74 Å². The summed E-state index contributed by atoms with van der Waals surface area (Å²) < 4.78 is 5.79. The quantitative estimate of drug-likeness (QED) is 0.0350. The predicted molar refractivity (Wildman–Crippen MR) is 253 cm³/mol. The summed E-state index contributed by atoms with van der Waals surface area (Å²) >= 11 is 0. The third-order valence-electron chi connectivity index (χ3n) is 11.2. The molecule has 1 aliphatic carbocycles. The van der Waals surface area contributed by atoms with Gasteiger partial charge in [0.15, 0.2) is 5.78 Å². The fourth-order valence-electron chi connectivity index (χ4n) is 8.06. The highest BCUT2D eigenvalue weighted by molar-refractivity contribution is 6.41. The van der Waals surface area contributed by atoms with Crippen molar-refractivity contribution in [3.63, 3.8) is 0 Å². The number of nitrogens with one attached hydrogen (secondary N) is 6. The molecule has 5 aromatic rings. The maximum Gasteiger partial charge on any atom is 0.407 e. The number of nitrogens with zero attached hydrogens (tertiary/aromatic N) is 1. The van der Waals surface area contributed by atoms with Crippen LogP contribution in [0.1, 0.15) is 92.8 Å². The molecule has 0 saturated carbocycles. The van der Waals surface area contributed by atoms with Crippen LogP contribution in [0.4, 0.5) is 9.59 Å². The fourth-order valence-corrected chi connectivity index (χ4v) is 8.06. The Kier molecular flexibility index (Phi) is 16.9. The Balaban J connectivity index is 1.20. The Morgan fingerprint density at radius 1 is 0.636 bits per heavy atom. The Hall–Kier alpha value is -7.61. The smallest absolute Gasteiger partial charge is 0.407 e. The molecule has 0 bridgehead atoms. The van der Waals surface area contributed by atoms with E-state index in [0.29, 0.717) is 12.0 Å². The second-order valence-corrected chi connectivity index (χ2v) is 16.5. The zero-order valence-corrected chi connectivity index (χ0v) is 37.6. The molecule has 1 aliphatic rings. The molecular formula is C52H57N7O7. The minimum Gasteiger partial charge on any atom is -0.449 e. The molecule has 66 heavy (non-hydrogen) atoms. The number of amides is 6. The number of carbonyl (C=O) groups is 6. The van der Waals surface area contributed by atoms with Gasteiger partial charge < -0.3 is 31.3 Å². The van der Waals surface area contributed by atoms with Gasteiger partial charge in [-0.05, 0) is 64.6 Å². The number of carbonyl (C=O) groups excluding carboxylic acids is 6. The van der Waals surface area contributed by atoms with Gasteiger partial charge in [0, 0.05) is 5.92 Å². The molecule has 6 rings (SSSR count). The molecule has 0 aliphatic heterocycles. The molecule has 14 nitrogen and oxygen atoms in total. The molecule has 0 spiro atoms. The standard InChI is InChI=1S/C52H57N7O7/c1-5-19-43(54-49(62)44(30-33(2)3)55-52(65)66-32-42-40-28-17-15-26-38(40)39-27-16-18-29-41(39)42)48(50(63)53-31-45(61)56-46(34(4)60)35-20-9-6-10-21-35)58-59-51(64)57-47(36-22-11-7-12-23-36)37-24-13-8-14-25-37/h6-18,20-29,33,42-44,46-47H,5,19,30-32H2,1-4H3,(H,53,63)(H,54,62)(H,55,65)(H,56,61)(H2,57,59,64)/t43-,44-,46+/m0/s1. The molecule has 0 aromatic heterocycles. The average Bonchev–Trinajstić information content (AvgIpc) is 3.64. The van der Waals surface area contributed by atoms with Gasteiger partial charge in [0.1, 0.15) is 24.4 Å². The lowest BCUT2D eigenvalue weighted by atomic mass is 9.98. The van der Waals surface area contributed by atoms with Crippen LogP contribution in [0, 0.1) is 5.92 Å². The van der Waals surface area contributed by atoms with E-state index in [9.17, 15) is 28.8 Å². The summed E-state index contributed by atoms with van der Waals surface area (Å²) in [5.74, 6) is -2.69. The minimum atomic E-state index is -1.10. The van der Waals surface area contributed by atoms with Gasteiger partial charge >= 0.3 is 12.1 Å². The summed E-state index contributed by atoms with van der Waals surface area (Å²) in [5, 5.41) is 18.0. The number of alkyl carbamates (subject to hydrolysis) is 1. The molecule has 342 valence electrons. The lowest BCUT2D eigenvalue weighted by Gasteiger charge is -2.25. The van der Waals surface area contributed by atoms with Crippen LogP contribution in [-0.2, 0) is 23.9 Å². The van der Waals surface area contributed by atoms with Gasteiger partial charge in [-0.3, -0.25) is 19.2 Å². The molecule has 14 heteroatoms. The van der Waals surface area contributed by atoms with Gasteiger partial charge in [-0.2, -0.15) is 5.10 Å². The number of benzene rings is 5. The fraction of sp³-hybridized carbons (Fsp3) is 0.288. The van der Waals surface area contributed by atoms with Crippen molar-refractivity contribution in [3.8, 4) is 11.1 Å². The van der Waals surface area contributed by atoms with Crippen molar-refractivity contribution >= 4 is 41.3 Å². The third kappa shape index (κ3) is 12.8. The highest BCUT2D eigenvalue weighted by Gasteiger charge is 2.32. The SMILES string of the molecule is CCC[C@H](NC(=O)[C@H](CC(C)C)NC(=O)OCC1c2ccccc2-c2ccccc21)C(=NNC(=O)NC(c1ccccc1)c1ccccc1)C(=O)NCC(=O)N[C@H](C(C)=O)c1ccccc1. The summed E-state index contributed by atoms with van der Waals surface area (Å²) in [7, 11) is 0. The predicted octanol–water partition coefficient (Wildman–Crippen LogP) is 7.23. The molecule has 0 heterocycles. The Labute approximate surface area is 385 Å². The van der Waals surface area contributed by atoms with E-state index in [-0.39, 0.29) is 42.8 Å². The summed E-state index contributed by atoms with van der Waals surface area (Å²) in [5.41, 5.74) is 8.54. The maximum atomic E-state index is 14.2. The number of hydrogen-bond donors (Lipinski definition) is 6. The molecule has 0 unspecified atom stereocenters.